The molecule has 4 nitrogen and oxygen atoms in total. The van der Waals surface area contributed by atoms with E-state index in [0.29, 0.717) is 13.0 Å². The number of aliphatic hydroxyl groups is 1. The van der Waals surface area contributed by atoms with E-state index in [4.69, 9.17) is 5.11 Å². The van der Waals surface area contributed by atoms with E-state index in [9.17, 15) is 9.90 Å². The predicted molar refractivity (Wildman–Crippen MR) is 53.1 cm³/mol. The van der Waals surface area contributed by atoms with E-state index in [0.717, 1.165) is 0 Å². The lowest BCUT2D eigenvalue weighted by Crippen LogP contribution is -2.46. The highest BCUT2D eigenvalue weighted by Crippen LogP contribution is 2.39. The van der Waals surface area contributed by atoms with E-state index in [-0.39, 0.29) is 6.54 Å². The number of rotatable bonds is 2. The highest BCUT2D eigenvalue weighted by molar-refractivity contribution is 5.65. The third kappa shape index (κ3) is 1.62. The highest BCUT2D eigenvalue weighted by Gasteiger charge is 2.47. The molecule has 0 aromatic heterocycles. The summed E-state index contributed by atoms with van der Waals surface area (Å²) in [5.41, 5.74) is -1.44. The highest BCUT2D eigenvalue weighted by atomic mass is 16.4. The normalized spacial score (nSPS) is 27.8. The molecule has 1 heterocycles. The number of nitrogens with zero attached hydrogens (tertiary/aromatic N) is 1. The van der Waals surface area contributed by atoms with Crippen LogP contribution in [0.3, 0.4) is 0 Å². The molecule has 1 aliphatic heterocycles. The molecule has 1 rings (SSSR count). The topological polar surface area (TPSA) is 60.8 Å². The van der Waals surface area contributed by atoms with Crippen molar-refractivity contribution in [3.05, 3.63) is 12.7 Å². The van der Waals surface area contributed by atoms with Gasteiger partial charge in [-0.1, -0.05) is 19.9 Å². The molecule has 1 saturated heterocycles. The van der Waals surface area contributed by atoms with Crippen molar-refractivity contribution in [2.45, 2.75) is 25.9 Å². The Kier molecular flexibility index (Phi) is 2.58. The summed E-state index contributed by atoms with van der Waals surface area (Å²) >= 11 is 0. The average molecular weight is 199 g/mol. The zero-order valence-electron chi connectivity index (χ0n) is 8.66. The monoisotopic (exact) mass is 199 g/mol. The molecule has 0 aliphatic carbocycles. The van der Waals surface area contributed by atoms with Crippen LogP contribution in [0.4, 0.5) is 4.79 Å². The van der Waals surface area contributed by atoms with Crippen LogP contribution in [0.25, 0.3) is 0 Å². The standard InChI is InChI=1S/C10H17NO3/c1-4-9(2,3)10(14)5-6-11(7-10)8(12)13/h4,14H,1,5-7H2,2-3H3,(H,12,13). The van der Waals surface area contributed by atoms with Crippen LogP contribution in [0, 0.1) is 5.41 Å². The second kappa shape index (κ2) is 3.28. The molecule has 0 aromatic carbocycles. The van der Waals surface area contributed by atoms with Crippen molar-refractivity contribution in [1.82, 2.24) is 4.90 Å². The summed E-state index contributed by atoms with van der Waals surface area (Å²) in [6.45, 7) is 7.96. The van der Waals surface area contributed by atoms with Gasteiger partial charge in [0.05, 0.1) is 12.1 Å². The Hall–Kier alpha value is -1.03. The second-order valence-corrected chi connectivity index (χ2v) is 4.41. The quantitative estimate of drug-likeness (QED) is 0.659. The minimum absolute atomic E-state index is 0.168. The van der Waals surface area contributed by atoms with Crippen molar-refractivity contribution < 1.29 is 15.0 Å². The molecule has 14 heavy (non-hydrogen) atoms. The molecule has 4 heteroatoms. The summed E-state index contributed by atoms with van der Waals surface area (Å²) < 4.78 is 0. The molecular weight excluding hydrogens is 182 g/mol. The van der Waals surface area contributed by atoms with Crippen molar-refractivity contribution in [3.8, 4) is 0 Å². The van der Waals surface area contributed by atoms with Crippen LogP contribution < -0.4 is 0 Å². The van der Waals surface area contributed by atoms with Gasteiger partial charge in [-0.15, -0.1) is 6.58 Å². The van der Waals surface area contributed by atoms with Crippen LogP contribution in [-0.4, -0.2) is 39.9 Å². The molecule has 80 valence electrons. The first-order chi connectivity index (χ1) is 6.32. The number of likely N-dealkylation sites (tertiary alicyclic amines) is 1. The van der Waals surface area contributed by atoms with Crippen LogP contribution in [0.15, 0.2) is 12.7 Å². The first kappa shape index (κ1) is 11.0. The van der Waals surface area contributed by atoms with Gasteiger partial charge < -0.3 is 15.1 Å². The molecule has 0 aromatic rings. The maximum absolute atomic E-state index is 10.7. The number of hydrogen-bond acceptors (Lipinski definition) is 2. The van der Waals surface area contributed by atoms with Gasteiger partial charge in [-0.05, 0) is 6.42 Å². The third-order valence-corrected chi connectivity index (χ3v) is 3.23. The summed E-state index contributed by atoms with van der Waals surface area (Å²) in [7, 11) is 0. The van der Waals surface area contributed by atoms with Gasteiger partial charge in [-0.25, -0.2) is 4.79 Å². The van der Waals surface area contributed by atoms with Gasteiger partial charge in [-0.3, -0.25) is 0 Å². The summed E-state index contributed by atoms with van der Waals surface area (Å²) in [5, 5.41) is 19.0. The molecule has 1 unspecified atom stereocenters. The van der Waals surface area contributed by atoms with Gasteiger partial charge >= 0.3 is 6.09 Å². The number of hydrogen-bond donors (Lipinski definition) is 2. The van der Waals surface area contributed by atoms with E-state index in [1.807, 2.05) is 13.8 Å². The SMILES string of the molecule is C=CC(C)(C)C1(O)CCN(C(=O)O)C1. The minimum atomic E-state index is -0.979. The van der Waals surface area contributed by atoms with E-state index in [2.05, 4.69) is 6.58 Å². The Labute approximate surface area is 83.8 Å². The Bertz CT molecular complexity index is 262. The van der Waals surface area contributed by atoms with Gasteiger partial charge in [0.25, 0.3) is 0 Å². The van der Waals surface area contributed by atoms with Crippen molar-refractivity contribution >= 4 is 6.09 Å². The van der Waals surface area contributed by atoms with Crippen molar-refractivity contribution in [2.75, 3.05) is 13.1 Å². The maximum atomic E-state index is 10.7. The fraction of sp³-hybridized carbons (Fsp3) is 0.700. The molecule has 0 spiro atoms. The summed E-state index contributed by atoms with van der Waals surface area (Å²) in [4.78, 5) is 11.9. The van der Waals surface area contributed by atoms with Crippen LogP contribution in [0.2, 0.25) is 0 Å². The minimum Gasteiger partial charge on any atom is -0.465 e. The fourth-order valence-corrected chi connectivity index (χ4v) is 1.67. The molecule has 0 saturated carbocycles. The predicted octanol–water partition coefficient (Wildman–Crippen LogP) is 1.31. The summed E-state index contributed by atoms with van der Waals surface area (Å²) in [6, 6.07) is 0. The van der Waals surface area contributed by atoms with Crippen molar-refractivity contribution in [1.29, 1.82) is 0 Å². The van der Waals surface area contributed by atoms with E-state index in [1.165, 1.54) is 4.90 Å². The summed E-state index contributed by atoms with van der Waals surface area (Å²) in [5.74, 6) is 0. The zero-order chi connectivity index (χ0) is 11.0. The second-order valence-electron chi connectivity index (χ2n) is 4.41. The molecule has 0 bridgehead atoms. The largest absolute Gasteiger partial charge is 0.465 e. The van der Waals surface area contributed by atoms with Gasteiger partial charge in [0.15, 0.2) is 0 Å². The molecule has 2 N–H and O–H groups in total. The van der Waals surface area contributed by atoms with Gasteiger partial charge in [0.1, 0.15) is 0 Å². The van der Waals surface area contributed by atoms with E-state index < -0.39 is 17.1 Å². The Morgan fingerprint density at radius 1 is 1.64 bits per heavy atom. The molecule has 1 atom stereocenters. The number of β-amino-alcohol motifs (C(OH)–C–C–N with tert-alkyl or cyclic N) is 1. The lowest BCUT2D eigenvalue weighted by atomic mass is 9.74. The number of carbonyl (C=O) groups is 1. The smallest absolute Gasteiger partial charge is 0.407 e. The molecule has 1 amide bonds. The molecule has 0 radical (unpaired) electrons. The molecular formula is C10H17NO3. The molecule has 1 aliphatic rings. The van der Waals surface area contributed by atoms with Crippen LogP contribution in [0.1, 0.15) is 20.3 Å². The molecule has 1 fully saturated rings. The lowest BCUT2D eigenvalue weighted by Gasteiger charge is -2.37. The third-order valence-electron chi connectivity index (χ3n) is 3.23. The first-order valence-corrected chi connectivity index (χ1v) is 4.66. The fourth-order valence-electron chi connectivity index (χ4n) is 1.67. The van der Waals surface area contributed by atoms with Gasteiger partial charge in [0, 0.05) is 12.0 Å². The van der Waals surface area contributed by atoms with Crippen LogP contribution >= 0.6 is 0 Å². The maximum Gasteiger partial charge on any atom is 0.407 e. The summed E-state index contributed by atoms with van der Waals surface area (Å²) in [6.07, 6.45) is 1.18. The average Bonchev–Trinajstić information content (AvgIpc) is 2.50. The van der Waals surface area contributed by atoms with E-state index >= 15 is 0 Å². The van der Waals surface area contributed by atoms with E-state index in [1.54, 1.807) is 6.08 Å². The van der Waals surface area contributed by atoms with Gasteiger partial charge in [0.2, 0.25) is 0 Å². The Balaban J connectivity index is 2.81. The van der Waals surface area contributed by atoms with Crippen molar-refractivity contribution in [2.24, 2.45) is 5.41 Å². The number of carboxylic acid groups (broad SMARTS) is 1. The number of amides is 1. The van der Waals surface area contributed by atoms with Crippen molar-refractivity contribution in [3.63, 3.8) is 0 Å². The zero-order valence-corrected chi connectivity index (χ0v) is 8.66. The van der Waals surface area contributed by atoms with Crippen LogP contribution in [-0.2, 0) is 0 Å². The Morgan fingerprint density at radius 2 is 2.21 bits per heavy atom. The first-order valence-electron chi connectivity index (χ1n) is 4.66. The lowest BCUT2D eigenvalue weighted by molar-refractivity contribution is -0.0309. The van der Waals surface area contributed by atoms with Gasteiger partial charge in [-0.2, -0.15) is 0 Å². The Morgan fingerprint density at radius 3 is 2.57 bits per heavy atom. The van der Waals surface area contributed by atoms with Crippen LogP contribution in [0.5, 0.6) is 0 Å².